The number of alkyl carbamates (subject to hydrolysis) is 1. The van der Waals surface area contributed by atoms with E-state index >= 15 is 0 Å². The zero-order chi connectivity index (χ0) is 35.1. The molecule has 1 saturated heterocycles. The highest BCUT2D eigenvalue weighted by Crippen LogP contribution is 2.47. The Balaban J connectivity index is 1.47. The largest absolute Gasteiger partial charge is 0.496 e. The SMILES string of the molecule is C=C[C@@H]1C[C@]1(NC(=O)[C@@H]1C[C@@](OC)(c2ccccc2OC)CN1C(=O)[C@@H](NC(=O)OC1CCCC1)C(C)(C)C)C(=O)NS(=O)(=O)C1CC1. The number of amides is 4. The van der Waals surface area contributed by atoms with E-state index in [0.717, 1.165) is 25.7 Å². The molecule has 1 aromatic carbocycles. The third-order valence-corrected chi connectivity index (χ3v) is 11.9. The highest BCUT2D eigenvalue weighted by molar-refractivity contribution is 7.91. The standard InChI is InChI=1S/C34H48N4O9S/c1-7-21-18-34(21,30(41)37-48(43,44)23-16-17-23)36-28(39)25-19-33(46-6,24-14-10-11-15-26(24)45-5)20-38(25)29(40)27(32(2,3)4)35-31(42)47-22-12-8-9-13-22/h7,10-11,14-15,21-23,25,27H,1,8-9,12-13,16-20H2,2-6H3,(H,35,42)(H,36,39)(H,37,41)/t21-,25+,27-,33+,34-/m1/s1. The highest BCUT2D eigenvalue weighted by atomic mass is 32.2. The molecule has 1 heterocycles. The quantitative estimate of drug-likeness (QED) is 0.280. The average molecular weight is 689 g/mol. The van der Waals surface area contributed by atoms with E-state index < -0.39 is 73.6 Å². The molecule has 3 aliphatic carbocycles. The van der Waals surface area contributed by atoms with E-state index in [1.165, 1.54) is 25.2 Å². The van der Waals surface area contributed by atoms with E-state index in [-0.39, 0.29) is 25.5 Å². The van der Waals surface area contributed by atoms with Crippen molar-refractivity contribution in [1.82, 2.24) is 20.3 Å². The van der Waals surface area contributed by atoms with Crippen LogP contribution < -0.4 is 20.1 Å². The molecule has 1 aliphatic heterocycles. The van der Waals surface area contributed by atoms with Gasteiger partial charge in [0.15, 0.2) is 0 Å². The molecule has 0 aromatic heterocycles. The van der Waals surface area contributed by atoms with Crippen LogP contribution in [0.1, 0.15) is 77.7 Å². The lowest BCUT2D eigenvalue weighted by Crippen LogP contribution is -2.60. The van der Waals surface area contributed by atoms with Gasteiger partial charge in [-0.05, 0) is 56.4 Å². The van der Waals surface area contributed by atoms with Gasteiger partial charge in [0.25, 0.3) is 5.91 Å². The van der Waals surface area contributed by atoms with Crippen molar-refractivity contribution in [3.05, 3.63) is 42.5 Å². The Kier molecular flexibility index (Phi) is 9.91. The van der Waals surface area contributed by atoms with Crippen LogP contribution in [0.25, 0.3) is 0 Å². The fourth-order valence-electron chi connectivity index (χ4n) is 6.96. The maximum Gasteiger partial charge on any atom is 0.408 e. The van der Waals surface area contributed by atoms with Crippen molar-refractivity contribution >= 4 is 33.8 Å². The molecular formula is C34H48N4O9S. The molecule has 4 amide bonds. The number of nitrogens with one attached hydrogen (secondary N) is 3. The van der Waals surface area contributed by atoms with Crippen LogP contribution in [0.5, 0.6) is 5.75 Å². The van der Waals surface area contributed by atoms with Gasteiger partial charge in [-0.25, -0.2) is 13.2 Å². The van der Waals surface area contributed by atoms with Crippen molar-refractivity contribution in [2.45, 2.75) is 107 Å². The van der Waals surface area contributed by atoms with Crippen LogP contribution >= 0.6 is 0 Å². The van der Waals surface area contributed by atoms with Gasteiger partial charge in [-0.15, -0.1) is 6.58 Å². The summed E-state index contributed by atoms with van der Waals surface area (Å²) in [5.74, 6) is -2.06. The molecule has 48 heavy (non-hydrogen) atoms. The Hall–Kier alpha value is -3.65. The Morgan fingerprint density at radius 2 is 1.71 bits per heavy atom. The third-order valence-electron chi connectivity index (χ3n) is 10.1. The van der Waals surface area contributed by atoms with Crippen LogP contribution in [-0.2, 0) is 39.5 Å². The number of para-hydroxylation sites is 1. The van der Waals surface area contributed by atoms with Crippen LogP contribution in [0.3, 0.4) is 0 Å². The smallest absolute Gasteiger partial charge is 0.408 e. The number of hydrogen-bond acceptors (Lipinski definition) is 9. The van der Waals surface area contributed by atoms with Gasteiger partial charge in [0.1, 0.15) is 35.1 Å². The number of nitrogens with zero attached hydrogens (tertiary/aromatic N) is 1. The Morgan fingerprint density at radius 3 is 2.27 bits per heavy atom. The minimum Gasteiger partial charge on any atom is -0.496 e. The summed E-state index contributed by atoms with van der Waals surface area (Å²) in [5, 5.41) is 4.94. The average Bonchev–Trinajstić information content (AvgIpc) is 3.93. The lowest BCUT2D eigenvalue weighted by Gasteiger charge is -2.36. The summed E-state index contributed by atoms with van der Waals surface area (Å²) in [6.07, 6.45) is 5.08. The monoisotopic (exact) mass is 688 g/mol. The third kappa shape index (κ3) is 7.05. The van der Waals surface area contributed by atoms with Gasteiger partial charge in [0, 0.05) is 25.0 Å². The van der Waals surface area contributed by atoms with Crippen molar-refractivity contribution in [2.24, 2.45) is 11.3 Å². The van der Waals surface area contributed by atoms with Crippen molar-refractivity contribution < 1.29 is 41.8 Å². The second kappa shape index (κ2) is 13.3. The zero-order valence-corrected chi connectivity index (χ0v) is 29.2. The molecule has 14 heteroatoms. The van der Waals surface area contributed by atoms with E-state index in [2.05, 4.69) is 21.9 Å². The first kappa shape index (κ1) is 35.7. The number of methoxy groups -OCH3 is 2. The van der Waals surface area contributed by atoms with Crippen LogP contribution in [0.4, 0.5) is 4.79 Å². The normalized spacial score (nSPS) is 27.9. The van der Waals surface area contributed by atoms with Gasteiger partial charge in [-0.3, -0.25) is 19.1 Å². The predicted molar refractivity (Wildman–Crippen MR) is 176 cm³/mol. The molecule has 4 fully saturated rings. The fraction of sp³-hybridized carbons (Fsp3) is 0.647. The molecule has 264 valence electrons. The van der Waals surface area contributed by atoms with Crippen molar-refractivity contribution in [1.29, 1.82) is 0 Å². The number of carbonyl (C=O) groups is 4. The molecule has 3 saturated carbocycles. The van der Waals surface area contributed by atoms with Gasteiger partial charge >= 0.3 is 6.09 Å². The number of hydrogen-bond donors (Lipinski definition) is 3. The molecule has 4 aliphatic rings. The molecule has 0 spiro atoms. The first-order valence-corrected chi connectivity index (χ1v) is 18.1. The molecule has 5 atom stereocenters. The van der Waals surface area contributed by atoms with Gasteiger partial charge in [0.05, 0.1) is 18.9 Å². The van der Waals surface area contributed by atoms with E-state index in [9.17, 15) is 27.6 Å². The van der Waals surface area contributed by atoms with Gasteiger partial charge in [-0.2, -0.15) is 0 Å². The van der Waals surface area contributed by atoms with E-state index in [4.69, 9.17) is 14.2 Å². The number of carbonyl (C=O) groups excluding carboxylic acids is 4. The summed E-state index contributed by atoms with van der Waals surface area (Å²) in [6.45, 7) is 9.11. The molecule has 5 rings (SSSR count). The Labute approximate surface area is 282 Å². The summed E-state index contributed by atoms with van der Waals surface area (Å²) in [5.41, 5.74) is -2.94. The Bertz CT molecular complexity index is 1550. The van der Waals surface area contributed by atoms with Crippen LogP contribution in [0, 0.1) is 11.3 Å². The number of rotatable bonds is 12. The Morgan fingerprint density at radius 1 is 1.04 bits per heavy atom. The summed E-state index contributed by atoms with van der Waals surface area (Å²) >= 11 is 0. The number of sulfonamides is 1. The highest BCUT2D eigenvalue weighted by Gasteiger charge is 2.63. The molecule has 0 bridgehead atoms. The number of benzene rings is 1. The van der Waals surface area contributed by atoms with E-state index in [0.29, 0.717) is 24.2 Å². The van der Waals surface area contributed by atoms with Gasteiger partial charge in [0.2, 0.25) is 21.8 Å². The maximum atomic E-state index is 14.6. The summed E-state index contributed by atoms with van der Waals surface area (Å²) in [4.78, 5) is 56.8. The van der Waals surface area contributed by atoms with E-state index in [1.54, 1.807) is 45.0 Å². The van der Waals surface area contributed by atoms with Gasteiger partial charge in [-0.1, -0.05) is 45.0 Å². The minimum atomic E-state index is -3.89. The van der Waals surface area contributed by atoms with Crippen molar-refractivity contribution in [2.75, 3.05) is 20.8 Å². The molecule has 0 unspecified atom stereocenters. The zero-order valence-electron chi connectivity index (χ0n) is 28.4. The molecule has 1 aromatic rings. The number of likely N-dealkylation sites (tertiary alicyclic amines) is 1. The first-order valence-electron chi connectivity index (χ1n) is 16.6. The molecular weight excluding hydrogens is 640 g/mol. The van der Waals surface area contributed by atoms with Crippen LogP contribution in [0.15, 0.2) is 36.9 Å². The summed E-state index contributed by atoms with van der Waals surface area (Å²) in [6, 6.07) is 4.90. The van der Waals surface area contributed by atoms with Crippen LogP contribution in [0.2, 0.25) is 0 Å². The van der Waals surface area contributed by atoms with Crippen molar-refractivity contribution in [3.8, 4) is 5.75 Å². The summed E-state index contributed by atoms with van der Waals surface area (Å²) < 4.78 is 44.9. The topological polar surface area (TPSA) is 169 Å². The van der Waals surface area contributed by atoms with E-state index in [1.807, 2.05) is 0 Å². The molecule has 3 N–H and O–H groups in total. The summed E-state index contributed by atoms with van der Waals surface area (Å²) in [7, 11) is -0.890. The first-order chi connectivity index (χ1) is 22.6. The van der Waals surface area contributed by atoms with Crippen LogP contribution in [-0.4, -0.2) is 86.9 Å². The maximum absolute atomic E-state index is 14.6. The minimum absolute atomic E-state index is 0.0122. The van der Waals surface area contributed by atoms with Gasteiger partial charge < -0.3 is 29.7 Å². The lowest BCUT2D eigenvalue weighted by atomic mass is 9.85. The fourth-order valence-corrected chi connectivity index (χ4v) is 8.32. The molecule has 0 radical (unpaired) electrons. The second-order valence-corrected chi connectivity index (χ2v) is 16.5. The van der Waals surface area contributed by atoms with Crippen molar-refractivity contribution in [3.63, 3.8) is 0 Å². The molecule has 13 nitrogen and oxygen atoms in total. The second-order valence-electron chi connectivity index (χ2n) is 14.5. The predicted octanol–water partition coefficient (Wildman–Crippen LogP) is 2.89. The number of ether oxygens (including phenoxy) is 3. The lowest BCUT2D eigenvalue weighted by molar-refractivity contribution is -0.143.